The van der Waals surface area contributed by atoms with Gasteiger partial charge < -0.3 is 34.2 Å². The molecule has 0 spiro atoms. The molecular formula is C75H136O16P2. The zero-order valence-electron chi connectivity index (χ0n) is 58.9. The average molecular weight is 1360 g/mol. The summed E-state index contributed by atoms with van der Waals surface area (Å²) in [5, 5.41) is 20.6. The van der Waals surface area contributed by atoms with Crippen LogP contribution < -0.4 is 0 Å². The fraction of sp³-hybridized carbons (Fsp3) is 0.800. The van der Waals surface area contributed by atoms with Gasteiger partial charge in [0.2, 0.25) is 0 Å². The normalized spacial score (nSPS) is 14.5. The number of rotatable bonds is 71. The van der Waals surface area contributed by atoms with E-state index in [1.165, 1.54) is 154 Å². The highest BCUT2D eigenvalue weighted by atomic mass is 31.2. The molecule has 0 fully saturated rings. The number of hydrogen-bond donors (Lipinski definition) is 4. The Morgan fingerprint density at radius 2 is 0.559 bits per heavy atom. The van der Waals surface area contributed by atoms with Crippen LogP contribution in [0.2, 0.25) is 0 Å². The fourth-order valence-corrected chi connectivity index (χ4v) is 11.8. The third kappa shape index (κ3) is 70.1. The predicted molar refractivity (Wildman–Crippen MR) is 381 cm³/mol. The minimum atomic E-state index is -4.92. The summed E-state index contributed by atoms with van der Waals surface area (Å²) in [6.45, 7) is 2.60. The summed E-state index contributed by atoms with van der Waals surface area (Å²) < 4.78 is 60.9. The zero-order chi connectivity index (χ0) is 68.1. The maximum atomic E-state index is 12.9. The maximum Gasteiger partial charge on any atom is 0.472 e. The van der Waals surface area contributed by atoms with Crippen LogP contribution in [0.25, 0.3) is 0 Å². The molecule has 0 amide bonds. The first-order chi connectivity index (χ1) is 45.2. The number of esters is 3. The van der Waals surface area contributed by atoms with E-state index in [-0.39, 0.29) is 19.3 Å². The molecule has 0 saturated heterocycles. The van der Waals surface area contributed by atoms with Crippen LogP contribution in [-0.4, -0.2) is 95.9 Å². The Hall–Kier alpha value is -3.01. The number of allylic oxidation sites excluding steroid dienone is 12. The second kappa shape index (κ2) is 68.9. The Kier molecular flexibility index (Phi) is 66.7. The molecule has 0 radical (unpaired) electrons. The summed E-state index contributed by atoms with van der Waals surface area (Å²) in [7, 11) is -9.77. The van der Waals surface area contributed by atoms with Gasteiger partial charge in [0.1, 0.15) is 25.4 Å². The first-order valence-electron chi connectivity index (χ1n) is 37.2. The smallest absolute Gasteiger partial charge is 0.463 e. The molecule has 0 aromatic carbocycles. The Morgan fingerprint density at radius 3 is 0.914 bits per heavy atom. The van der Waals surface area contributed by atoms with Crippen LogP contribution >= 0.6 is 15.6 Å². The minimum absolute atomic E-state index is 0.0924. The molecule has 0 rings (SSSR count). The van der Waals surface area contributed by atoms with Crippen molar-refractivity contribution >= 4 is 33.6 Å². The van der Waals surface area contributed by atoms with E-state index in [0.717, 1.165) is 116 Å². The van der Waals surface area contributed by atoms with Crippen molar-refractivity contribution in [2.24, 2.45) is 0 Å². The van der Waals surface area contributed by atoms with E-state index in [4.69, 9.17) is 32.3 Å². The molecule has 0 aliphatic carbocycles. The van der Waals surface area contributed by atoms with Gasteiger partial charge in [-0.3, -0.25) is 32.5 Å². The third-order valence-electron chi connectivity index (χ3n) is 15.9. The summed E-state index contributed by atoms with van der Waals surface area (Å²) >= 11 is 0. The van der Waals surface area contributed by atoms with Gasteiger partial charge in [-0.2, -0.15) is 0 Å². The van der Waals surface area contributed by atoms with Gasteiger partial charge in [-0.25, -0.2) is 9.13 Å². The van der Waals surface area contributed by atoms with E-state index in [1.807, 2.05) is 0 Å². The van der Waals surface area contributed by atoms with Crippen molar-refractivity contribution in [1.29, 1.82) is 0 Å². The van der Waals surface area contributed by atoms with Crippen molar-refractivity contribution in [2.45, 2.75) is 347 Å². The monoisotopic (exact) mass is 1350 g/mol. The number of ether oxygens (including phenoxy) is 3. The molecule has 0 aromatic heterocycles. The zero-order valence-corrected chi connectivity index (χ0v) is 60.7. The molecule has 0 saturated carbocycles. The maximum absolute atomic E-state index is 12.9. The van der Waals surface area contributed by atoms with E-state index in [1.54, 1.807) is 0 Å². The fourth-order valence-electron chi connectivity index (χ4n) is 10.2. The first kappa shape index (κ1) is 90.0. The van der Waals surface area contributed by atoms with Crippen molar-refractivity contribution in [3.8, 4) is 0 Å². The molecule has 5 unspecified atom stereocenters. The van der Waals surface area contributed by atoms with Crippen molar-refractivity contribution in [1.82, 2.24) is 0 Å². The third-order valence-corrected chi connectivity index (χ3v) is 17.8. The highest BCUT2D eigenvalue weighted by Crippen LogP contribution is 2.45. The molecule has 5 atom stereocenters. The van der Waals surface area contributed by atoms with Crippen molar-refractivity contribution in [3.63, 3.8) is 0 Å². The van der Waals surface area contributed by atoms with Crippen LogP contribution in [0.3, 0.4) is 0 Å². The second-order valence-corrected chi connectivity index (χ2v) is 28.0. The summed E-state index contributed by atoms with van der Waals surface area (Å²) in [5.41, 5.74) is 0. The van der Waals surface area contributed by atoms with E-state index in [2.05, 4.69) is 93.7 Å². The van der Waals surface area contributed by atoms with Gasteiger partial charge in [-0.1, -0.05) is 293 Å². The van der Waals surface area contributed by atoms with Gasteiger partial charge in [-0.05, 0) is 89.9 Å². The molecule has 542 valence electrons. The van der Waals surface area contributed by atoms with Gasteiger partial charge >= 0.3 is 33.6 Å². The molecule has 18 heteroatoms. The lowest BCUT2D eigenvalue weighted by Crippen LogP contribution is -2.30. The number of carbonyl (C=O) groups excluding carboxylic acids is 3. The van der Waals surface area contributed by atoms with Gasteiger partial charge in [0.05, 0.1) is 26.4 Å². The van der Waals surface area contributed by atoms with E-state index >= 15 is 0 Å². The van der Waals surface area contributed by atoms with Crippen molar-refractivity contribution in [2.75, 3.05) is 39.6 Å². The molecule has 0 heterocycles. The molecule has 0 aliphatic rings. The van der Waals surface area contributed by atoms with E-state index in [0.29, 0.717) is 19.3 Å². The lowest BCUT2D eigenvalue weighted by Gasteiger charge is -2.21. The van der Waals surface area contributed by atoms with E-state index in [9.17, 15) is 43.5 Å². The first-order valence-corrected chi connectivity index (χ1v) is 40.2. The number of hydrogen-bond acceptors (Lipinski definition) is 14. The summed E-state index contributed by atoms with van der Waals surface area (Å²) in [6, 6.07) is 0. The number of phosphoric ester groups is 2. The van der Waals surface area contributed by atoms with Crippen LogP contribution in [0.1, 0.15) is 329 Å². The summed E-state index contributed by atoms with van der Waals surface area (Å²) in [6.07, 6.45) is 73.9. The van der Waals surface area contributed by atoms with Crippen molar-refractivity contribution in [3.05, 3.63) is 72.9 Å². The number of aliphatic hydroxyl groups is 2. The molecule has 0 aromatic rings. The van der Waals surface area contributed by atoms with Crippen molar-refractivity contribution < 1.29 is 75.8 Å². The lowest BCUT2D eigenvalue weighted by atomic mass is 10.0. The molecule has 93 heavy (non-hydrogen) atoms. The van der Waals surface area contributed by atoms with Gasteiger partial charge in [0.25, 0.3) is 0 Å². The Labute approximate surface area is 566 Å². The molecular weight excluding hydrogens is 1220 g/mol. The van der Waals surface area contributed by atoms with Crippen LogP contribution in [0.4, 0.5) is 0 Å². The largest absolute Gasteiger partial charge is 0.472 e. The van der Waals surface area contributed by atoms with Crippen LogP contribution in [0.15, 0.2) is 72.9 Å². The molecule has 0 aliphatic heterocycles. The SMILES string of the molecule is CCC/C=C\C/C=C\CCCCCCCC(=O)OC(COC(=O)CCCCCCCCCCCCCCCCC)COP(=O)(O)OCC(O)COP(=O)(O)OCC(O)COC(=O)CCCCCCCCCCCCCCC/C=C\C/C=C\C/C=C\C/C=C\CCCCC. The molecule has 4 N–H and O–H groups in total. The van der Waals surface area contributed by atoms with Crippen LogP contribution in [-0.2, 0) is 55.8 Å². The number of unbranched alkanes of at least 4 members (excludes halogenated alkanes) is 36. The Morgan fingerprint density at radius 1 is 0.301 bits per heavy atom. The van der Waals surface area contributed by atoms with Gasteiger partial charge in [0.15, 0.2) is 6.10 Å². The number of carbonyl (C=O) groups is 3. The standard InChI is InChI=1S/C75H136O16P2/c1-4-7-10-13-16-19-22-25-27-28-29-30-31-32-33-34-35-36-37-38-39-40-42-45-46-49-52-55-58-61-73(78)85-64-70(76)65-87-92(81,82)88-66-71(77)67-89-93(83,84)90-69-72(91-75(80)63-60-57-54-51-48-43-24-21-18-15-12-9-6-3)68-86-74(79)62-59-56-53-50-47-44-41-26-23-20-17-14-11-8-5-2/h12,15-16,19,21,24-25,27,29-30,32-33,70-72,76-77H,4-11,13-14,17-18,20,22-23,26,28,31,34-69H2,1-3H3,(H,81,82)(H,83,84)/b15-12-,19-16-,24-21-,27-25-,30-29-,33-32-. The molecule has 0 bridgehead atoms. The number of phosphoric acid groups is 2. The highest BCUT2D eigenvalue weighted by molar-refractivity contribution is 7.47. The predicted octanol–water partition coefficient (Wildman–Crippen LogP) is 21.1. The van der Waals surface area contributed by atoms with Crippen LogP contribution in [0, 0.1) is 0 Å². The quantitative estimate of drug-likeness (QED) is 0.0146. The second-order valence-electron chi connectivity index (χ2n) is 25.1. The lowest BCUT2D eigenvalue weighted by molar-refractivity contribution is -0.161. The summed E-state index contributed by atoms with van der Waals surface area (Å²) in [5.74, 6) is -1.58. The van der Waals surface area contributed by atoms with E-state index < -0.39 is 91.5 Å². The van der Waals surface area contributed by atoms with Gasteiger partial charge in [-0.15, -0.1) is 0 Å². The van der Waals surface area contributed by atoms with Crippen LogP contribution in [0.5, 0.6) is 0 Å². The minimum Gasteiger partial charge on any atom is -0.463 e. The number of aliphatic hydroxyl groups excluding tert-OH is 2. The average Bonchev–Trinajstić information content (AvgIpc) is 3.45. The topological polar surface area (TPSA) is 231 Å². The Balaban J connectivity index is 4.42. The summed E-state index contributed by atoms with van der Waals surface area (Å²) in [4.78, 5) is 58.4. The van der Waals surface area contributed by atoms with Gasteiger partial charge in [0, 0.05) is 19.3 Å². The molecule has 16 nitrogen and oxygen atoms in total. The highest BCUT2D eigenvalue weighted by Gasteiger charge is 2.29. The Bertz CT molecular complexity index is 1990.